The van der Waals surface area contributed by atoms with Gasteiger partial charge in [0.2, 0.25) is 0 Å². The van der Waals surface area contributed by atoms with Gasteiger partial charge in [0.1, 0.15) is 5.75 Å². The summed E-state index contributed by atoms with van der Waals surface area (Å²) in [5, 5.41) is 10.4. The third-order valence-electron chi connectivity index (χ3n) is 3.64. The second kappa shape index (κ2) is 5.84. The number of hydrogen-bond donors (Lipinski definition) is 1. The van der Waals surface area contributed by atoms with Gasteiger partial charge in [-0.15, -0.1) is 5.10 Å². The highest BCUT2D eigenvalue weighted by Crippen LogP contribution is 2.38. The van der Waals surface area contributed by atoms with Crippen molar-refractivity contribution in [3.05, 3.63) is 29.3 Å². The molecular formula is C15H16F3N3O2. The van der Waals surface area contributed by atoms with Gasteiger partial charge in [0.05, 0.1) is 31.9 Å². The Kier molecular flexibility index (Phi) is 4.01. The first-order valence-corrected chi connectivity index (χ1v) is 7.13. The highest BCUT2D eigenvalue weighted by atomic mass is 19.4. The van der Waals surface area contributed by atoms with Gasteiger partial charge in [-0.1, -0.05) is 6.92 Å². The molecule has 0 aromatic heterocycles. The Hall–Kier alpha value is -2.09. The molecule has 1 saturated heterocycles. The van der Waals surface area contributed by atoms with E-state index in [4.69, 9.17) is 9.47 Å². The first kappa shape index (κ1) is 15.8. The molecule has 2 aliphatic heterocycles. The van der Waals surface area contributed by atoms with E-state index in [1.165, 1.54) is 18.3 Å². The maximum Gasteiger partial charge on any atom is 0.419 e. The van der Waals surface area contributed by atoms with Gasteiger partial charge in [-0.2, -0.15) is 18.3 Å². The van der Waals surface area contributed by atoms with Gasteiger partial charge < -0.3 is 14.8 Å². The van der Waals surface area contributed by atoms with Crippen LogP contribution in [0.5, 0.6) is 5.75 Å². The van der Waals surface area contributed by atoms with Crippen LogP contribution in [0.4, 0.5) is 13.2 Å². The molecule has 1 aromatic rings. The SMILES string of the molecule is CC1(COc2ccc(C3=NN=CCN3)cc2C(F)(F)F)COC1. The van der Waals surface area contributed by atoms with E-state index in [0.29, 0.717) is 31.2 Å². The third kappa shape index (κ3) is 3.47. The average Bonchev–Trinajstić information content (AvgIpc) is 2.51. The molecule has 0 spiro atoms. The zero-order valence-corrected chi connectivity index (χ0v) is 12.5. The minimum atomic E-state index is -4.51. The van der Waals surface area contributed by atoms with Crippen molar-refractivity contribution in [1.29, 1.82) is 0 Å². The van der Waals surface area contributed by atoms with E-state index in [1.54, 1.807) is 0 Å². The van der Waals surface area contributed by atoms with Crippen molar-refractivity contribution in [3.63, 3.8) is 0 Å². The number of ether oxygens (including phenoxy) is 2. The molecule has 124 valence electrons. The van der Waals surface area contributed by atoms with Gasteiger partial charge in [0.15, 0.2) is 5.84 Å². The molecule has 3 rings (SSSR count). The fourth-order valence-corrected chi connectivity index (χ4v) is 2.29. The summed E-state index contributed by atoms with van der Waals surface area (Å²) in [5.41, 5.74) is -0.733. The van der Waals surface area contributed by atoms with Crippen LogP contribution in [0.3, 0.4) is 0 Å². The molecule has 0 radical (unpaired) electrons. The Morgan fingerprint density at radius 2 is 2.13 bits per heavy atom. The number of benzene rings is 1. The molecule has 0 aliphatic carbocycles. The van der Waals surface area contributed by atoms with Gasteiger partial charge in [-0.3, -0.25) is 0 Å². The second-order valence-electron chi connectivity index (χ2n) is 5.93. The predicted molar refractivity (Wildman–Crippen MR) is 78.9 cm³/mol. The fourth-order valence-electron chi connectivity index (χ4n) is 2.29. The molecule has 23 heavy (non-hydrogen) atoms. The molecule has 0 amide bonds. The summed E-state index contributed by atoms with van der Waals surface area (Å²) in [5.74, 6) is 0.123. The van der Waals surface area contributed by atoms with Crippen LogP contribution in [-0.4, -0.2) is 38.4 Å². The molecule has 0 atom stereocenters. The van der Waals surface area contributed by atoms with Gasteiger partial charge >= 0.3 is 6.18 Å². The van der Waals surface area contributed by atoms with Crippen molar-refractivity contribution in [3.8, 4) is 5.75 Å². The summed E-state index contributed by atoms with van der Waals surface area (Å²) >= 11 is 0. The number of hydrogen-bond acceptors (Lipinski definition) is 5. The minimum absolute atomic E-state index is 0.179. The molecule has 2 aliphatic rings. The van der Waals surface area contributed by atoms with E-state index in [0.717, 1.165) is 6.07 Å². The van der Waals surface area contributed by atoms with Crippen LogP contribution >= 0.6 is 0 Å². The zero-order chi connectivity index (χ0) is 16.5. The average molecular weight is 327 g/mol. The van der Waals surface area contributed by atoms with Gasteiger partial charge in [0.25, 0.3) is 0 Å². The lowest BCUT2D eigenvalue weighted by molar-refractivity contribution is -0.142. The fraction of sp³-hybridized carbons (Fsp3) is 0.467. The zero-order valence-electron chi connectivity index (χ0n) is 12.5. The van der Waals surface area contributed by atoms with Crippen molar-refractivity contribution in [2.45, 2.75) is 13.1 Å². The van der Waals surface area contributed by atoms with E-state index >= 15 is 0 Å². The number of nitrogens with one attached hydrogen (secondary N) is 1. The topological polar surface area (TPSA) is 55.2 Å². The Morgan fingerprint density at radius 3 is 2.70 bits per heavy atom. The van der Waals surface area contributed by atoms with Crippen LogP contribution in [0.25, 0.3) is 0 Å². The molecule has 2 heterocycles. The molecule has 8 heteroatoms. The summed E-state index contributed by atoms with van der Waals surface area (Å²) in [7, 11) is 0. The number of amidine groups is 1. The predicted octanol–water partition coefficient (Wildman–Crippen LogP) is 2.46. The van der Waals surface area contributed by atoms with E-state index in [1.807, 2.05) is 6.92 Å². The standard InChI is InChI=1S/C15H16F3N3O2/c1-14(7-22-8-14)9-23-12-3-2-10(6-11(12)15(16,17)18)13-19-4-5-20-21-13/h2-3,5-6H,4,7-9H2,1H3,(H,19,21). The summed E-state index contributed by atoms with van der Waals surface area (Å²) in [6.07, 6.45) is -2.98. The largest absolute Gasteiger partial charge is 0.492 e. The normalized spacial score (nSPS) is 19.6. The smallest absolute Gasteiger partial charge is 0.419 e. The highest BCUT2D eigenvalue weighted by molar-refractivity contribution is 6.01. The maximum absolute atomic E-state index is 13.3. The van der Waals surface area contributed by atoms with E-state index in [9.17, 15) is 13.2 Å². The molecule has 1 N–H and O–H groups in total. The Morgan fingerprint density at radius 1 is 1.35 bits per heavy atom. The number of nitrogens with zero attached hydrogens (tertiary/aromatic N) is 2. The Labute approximate surface area is 131 Å². The Bertz CT molecular complexity index is 652. The summed E-state index contributed by atoms with van der Waals surface area (Å²) in [6, 6.07) is 3.89. The van der Waals surface area contributed by atoms with Crippen LogP contribution < -0.4 is 10.1 Å². The lowest BCUT2D eigenvalue weighted by Gasteiger charge is -2.37. The van der Waals surface area contributed by atoms with Crippen molar-refractivity contribution < 1.29 is 22.6 Å². The molecule has 1 fully saturated rings. The number of halogens is 3. The second-order valence-corrected chi connectivity index (χ2v) is 5.93. The number of alkyl halides is 3. The van der Waals surface area contributed by atoms with Crippen molar-refractivity contribution in [2.24, 2.45) is 15.6 Å². The summed E-state index contributed by atoms with van der Waals surface area (Å²) in [4.78, 5) is 0. The quantitative estimate of drug-likeness (QED) is 0.924. The van der Waals surface area contributed by atoms with E-state index < -0.39 is 11.7 Å². The molecule has 0 bridgehead atoms. The molecule has 1 aromatic carbocycles. The lowest BCUT2D eigenvalue weighted by atomic mass is 9.90. The highest BCUT2D eigenvalue weighted by Gasteiger charge is 2.38. The molecule has 5 nitrogen and oxygen atoms in total. The third-order valence-corrected chi connectivity index (χ3v) is 3.64. The summed E-state index contributed by atoms with van der Waals surface area (Å²) < 4.78 is 50.5. The van der Waals surface area contributed by atoms with Crippen LogP contribution in [0.15, 0.2) is 28.4 Å². The van der Waals surface area contributed by atoms with Crippen molar-refractivity contribution in [1.82, 2.24) is 5.32 Å². The van der Waals surface area contributed by atoms with Crippen LogP contribution in [0, 0.1) is 5.41 Å². The van der Waals surface area contributed by atoms with Crippen LogP contribution in [0.1, 0.15) is 18.1 Å². The van der Waals surface area contributed by atoms with Crippen molar-refractivity contribution in [2.75, 3.05) is 26.4 Å². The maximum atomic E-state index is 13.3. The summed E-state index contributed by atoms with van der Waals surface area (Å²) in [6.45, 7) is 3.50. The van der Waals surface area contributed by atoms with Crippen LogP contribution in [0.2, 0.25) is 0 Å². The minimum Gasteiger partial charge on any atom is -0.492 e. The molecule has 0 saturated carbocycles. The number of rotatable bonds is 4. The van der Waals surface area contributed by atoms with Gasteiger partial charge in [0, 0.05) is 17.2 Å². The van der Waals surface area contributed by atoms with E-state index in [2.05, 4.69) is 15.5 Å². The Balaban J connectivity index is 1.86. The lowest BCUT2D eigenvalue weighted by Crippen LogP contribution is -2.44. The first-order chi connectivity index (χ1) is 10.9. The van der Waals surface area contributed by atoms with Crippen LogP contribution in [-0.2, 0) is 10.9 Å². The monoisotopic (exact) mass is 327 g/mol. The molecular weight excluding hydrogens is 311 g/mol. The van der Waals surface area contributed by atoms with Gasteiger partial charge in [-0.25, -0.2) is 0 Å². The van der Waals surface area contributed by atoms with Crippen molar-refractivity contribution >= 4 is 12.1 Å². The molecule has 0 unspecified atom stereocenters. The first-order valence-electron chi connectivity index (χ1n) is 7.13. The van der Waals surface area contributed by atoms with Gasteiger partial charge in [-0.05, 0) is 18.2 Å². The van der Waals surface area contributed by atoms with E-state index in [-0.39, 0.29) is 17.8 Å².